The van der Waals surface area contributed by atoms with Gasteiger partial charge in [-0.15, -0.1) is 0 Å². The zero-order valence-electron chi connectivity index (χ0n) is 19.2. The van der Waals surface area contributed by atoms with Gasteiger partial charge in [0.2, 0.25) is 10.0 Å². The number of nitrogens with one attached hydrogen (secondary N) is 2. The first kappa shape index (κ1) is 24.3. The maximum absolute atomic E-state index is 13.3. The number of hydrogen-bond acceptors (Lipinski definition) is 5. The van der Waals surface area contributed by atoms with Gasteiger partial charge in [-0.3, -0.25) is 9.78 Å². The Hall–Kier alpha value is -3.82. The highest BCUT2D eigenvalue weighted by Crippen LogP contribution is 2.22. The van der Waals surface area contributed by atoms with E-state index < -0.39 is 15.8 Å². The van der Waals surface area contributed by atoms with E-state index in [4.69, 9.17) is 4.74 Å². The van der Waals surface area contributed by atoms with Gasteiger partial charge in [0.15, 0.2) is 0 Å². The standard InChI is InChI=1S/C26H24FN3O4S/c1-17-24(13-20-9-10-22(34-2)14-25(20)30-17)26(31)28-15-19-6-4-8-23(12-19)35(32,33)29-16-18-5-3-7-21(27)11-18/h3-14,29H,15-16H2,1-2H3,(H,28,31). The van der Waals surface area contributed by atoms with Crippen LogP contribution in [0.4, 0.5) is 4.39 Å². The fraction of sp³-hybridized carbons (Fsp3) is 0.154. The number of pyridine rings is 1. The van der Waals surface area contributed by atoms with Crippen molar-refractivity contribution < 1.29 is 22.3 Å². The van der Waals surface area contributed by atoms with Gasteiger partial charge < -0.3 is 10.1 Å². The summed E-state index contributed by atoms with van der Waals surface area (Å²) in [5.41, 5.74) is 2.85. The molecule has 0 radical (unpaired) electrons. The zero-order valence-corrected chi connectivity index (χ0v) is 20.0. The van der Waals surface area contributed by atoms with Crippen LogP contribution in [0, 0.1) is 12.7 Å². The minimum Gasteiger partial charge on any atom is -0.497 e. The minimum absolute atomic E-state index is 0.0405. The van der Waals surface area contributed by atoms with E-state index in [1.165, 1.54) is 30.3 Å². The van der Waals surface area contributed by atoms with Crippen LogP contribution in [0.25, 0.3) is 10.9 Å². The minimum atomic E-state index is -3.83. The van der Waals surface area contributed by atoms with Gasteiger partial charge in [-0.1, -0.05) is 24.3 Å². The number of aromatic nitrogens is 1. The first-order valence-electron chi connectivity index (χ1n) is 10.8. The molecule has 0 aliphatic heterocycles. The van der Waals surface area contributed by atoms with Gasteiger partial charge in [0, 0.05) is 24.5 Å². The van der Waals surface area contributed by atoms with E-state index in [0.29, 0.717) is 28.1 Å². The van der Waals surface area contributed by atoms with E-state index in [1.54, 1.807) is 50.4 Å². The summed E-state index contributed by atoms with van der Waals surface area (Å²) in [5.74, 6) is -0.0666. The monoisotopic (exact) mass is 493 g/mol. The second kappa shape index (κ2) is 10.2. The van der Waals surface area contributed by atoms with Crippen molar-refractivity contribution >= 4 is 26.8 Å². The molecule has 7 nitrogen and oxygen atoms in total. The van der Waals surface area contributed by atoms with Crippen LogP contribution in [0.3, 0.4) is 0 Å². The molecule has 35 heavy (non-hydrogen) atoms. The summed E-state index contributed by atoms with van der Waals surface area (Å²) in [5, 5.41) is 3.63. The Labute approximate surface area is 203 Å². The van der Waals surface area contributed by atoms with Crippen LogP contribution in [-0.2, 0) is 23.1 Å². The van der Waals surface area contributed by atoms with Crippen LogP contribution < -0.4 is 14.8 Å². The number of fused-ring (bicyclic) bond motifs is 1. The Kier molecular flexibility index (Phi) is 7.09. The number of methoxy groups -OCH3 is 1. The number of sulfonamides is 1. The molecule has 3 aromatic carbocycles. The van der Waals surface area contributed by atoms with Gasteiger partial charge in [0.05, 0.1) is 28.8 Å². The van der Waals surface area contributed by atoms with Gasteiger partial charge in [0.25, 0.3) is 5.91 Å². The molecule has 4 rings (SSSR count). The Bertz CT molecular complexity index is 1510. The molecule has 0 saturated heterocycles. The lowest BCUT2D eigenvalue weighted by Crippen LogP contribution is -2.25. The van der Waals surface area contributed by atoms with Crippen LogP contribution in [0.1, 0.15) is 27.2 Å². The topological polar surface area (TPSA) is 97.4 Å². The molecule has 4 aromatic rings. The highest BCUT2D eigenvalue weighted by molar-refractivity contribution is 7.89. The van der Waals surface area contributed by atoms with Gasteiger partial charge in [-0.25, -0.2) is 17.5 Å². The lowest BCUT2D eigenvalue weighted by molar-refractivity contribution is 0.0950. The fourth-order valence-corrected chi connectivity index (χ4v) is 4.70. The van der Waals surface area contributed by atoms with Crippen molar-refractivity contribution in [2.45, 2.75) is 24.9 Å². The third-order valence-corrected chi connectivity index (χ3v) is 6.88. The molecule has 0 aliphatic carbocycles. The summed E-state index contributed by atoms with van der Waals surface area (Å²) in [4.78, 5) is 17.4. The molecule has 1 amide bonds. The van der Waals surface area contributed by atoms with Crippen molar-refractivity contribution in [3.05, 3.63) is 101 Å². The number of benzene rings is 3. The number of rotatable bonds is 8. The SMILES string of the molecule is COc1ccc2cc(C(=O)NCc3cccc(S(=O)(=O)NCc4cccc(F)c4)c3)c(C)nc2c1. The Balaban J connectivity index is 1.45. The average Bonchev–Trinajstić information content (AvgIpc) is 2.85. The average molecular weight is 494 g/mol. The van der Waals surface area contributed by atoms with Crippen molar-refractivity contribution in [3.8, 4) is 5.75 Å². The lowest BCUT2D eigenvalue weighted by Gasteiger charge is -2.11. The van der Waals surface area contributed by atoms with Crippen molar-refractivity contribution in [1.82, 2.24) is 15.0 Å². The predicted octanol–water partition coefficient (Wildman–Crippen LogP) is 4.10. The summed E-state index contributed by atoms with van der Waals surface area (Å²) < 4.78 is 46.5. The van der Waals surface area contributed by atoms with Gasteiger partial charge in [-0.2, -0.15) is 0 Å². The van der Waals surface area contributed by atoms with Crippen LogP contribution in [-0.4, -0.2) is 26.4 Å². The summed E-state index contributed by atoms with van der Waals surface area (Å²) >= 11 is 0. The highest BCUT2D eigenvalue weighted by atomic mass is 32.2. The number of halogens is 1. The fourth-order valence-electron chi connectivity index (χ4n) is 3.61. The van der Waals surface area contributed by atoms with Crippen LogP contribution >= 0.6 is 0 Å². The Morgan fingerprint density at radius 3 is 2.46 bits per heavy atom. The van der Waals surface area contributed by atoms with Gasteiger partial charge in [-0.05, 0) is 60.5 Å². The normalized spacial score (nSPS) is 11.4. The highest BCUT2D eigenvalue weighted by Gasteiger charge is 2.16. The largest absolute Gasteiger partial charge is 0.497 e. The molecule has 0 unspecified atom stereocenters. The number of carbonyl (C=O) groups is 1. The summed E-state index contributed by atoms with van der Waals surface area (Å²) in [6, 6.07) is 19.2. The molecule has 0 fully saturated rings. The molecule has 9 heteroatoms. The molecule has 180 valence electrons. The summed E-state index contributed by atoms with van der Waals surface area (Å²) in [6.07, 6.45) is 0. The van der Waals surface area contributed by atoms with E-state index in [0.717, 1.165) is 10.9 Å². The molecule has 0 bridgehead atoms. The Morgan fingerprint density at radius 2 is 1.71 bits per heavy atom. The molecule has 1 aromatic heterocycles. The number of nitrogens with zero attached hydrogens (tertiary/aromatic N) is 1. The van der Waals surface area contributed by atoms with E-state index in [-0.39, 0.29) is 23.9 Å². The van der Waals surface area contributed by atoms with Crippen LogP contribution in [0.5, 0.6) is 5.75 Å². The van der Waals surface area contributed by atoms with Crippen LogP contribution in [0.2, 0.25) is 0 Å². The quantitative estimate of drug-likeness (QED) is 0.385. The van der Waals surface area contributed by atoms with Crippen molar-refractivity contribution in [3.63, 3.8) is 0 Å². The molecular weight excluding hydrogens is 469 g/mol. The third kappa shape index (κ3) is 5.82. The first-order valence-corrected chi connectivity index (χ1v) is 12.3. The predicted molar refractivity (Wildman–Crippen MR) is 131 cm³/mol. The first-order chi connectivity index (χ1) is 16.7. The molecule has 0 aliphatic rings. The molecular formula is C26H24FN3O4S. The van der Waals surface area contributed by atoms with Crippen LogP contribution in [0.15, 0.2) is 77.7 Å². The van der Waals surface area contributed by atoms with E-state index >= 15 is 0 Å². The van der Waals surface area contributed by atoms with E-state index in [2.05, 4.69) is 15.0 Å². The number of amides is 1. The maximum atomic E-state index is 13.3. The molecule has 1 heterocycles. The smallest absolute Gasteiger partial charge is 0.253 e. The lowest BCUT2D eigenvalue weighted by atomic mass is 10.1. The number of hydrogen-bond donors (Lipinski definition) is 2. The van der Waals surface area contributed by atoms with Crippen molar-refractivity contribution in [1.29, 1.82) is 0 Å². The zero-order chi connectivity index (χ0) is 25.0. The van der Waals surface area contributed by atoms with Gasteiger partial charge in [0.1, 0.15) is 11.6 Å². The molecule has 2 N–H and O–H groups in total. The Morgan fingerprint density at radius 1 is 0.971 bits per heavy atom. The van der Waals surface area contributed by atoms with E-state index in [1.807, 2.05) is 6.07 Å². The second-order valence-corrected chi connectivity index (χ2v) is 9.73. The summed E-state index contributed by atoms with van der Waals surface area (Å²) in [6.45, 7) is 1.85. The maximum Gasteiger partial charge on any atom is 0.253 e. The second-order valence-electron chi connectivity index (χ2n) is 7.96. The van der Waals surface area contributed by atoms with Crippen molar-refractivity contribution in [2.75, 3.05) is 7.11 Å². The molecule has 0 atom stereocenters. The van der Waals surface area contributed by atoms with E-state index in [9.17, 15) is 17.6 Å². The van der Waals surface area contributed by atoms with Crippen molar-refractivity contribution in [2.24, 2.45) is 0 Å². The summed E-state index contributed by atoms with van der Waals surface area (Å²) in [7, 11) is -2.25. The molecule has 0 spiro atoms. The molecule has 0 saturated carbocycles. The van der Waals surface area contributed by atoms with Gasteiger partial charge >= 0.3 is 0 Å². The number of ether oxygens (including phenoxy) is 1. The number of aryl methyl sites for hydroxylation is 1. The third-order valence-electron chi connectivity index (χ3n) is 5.48. The number of carbonyl (C=O) groups excluding carboxylic acids is 1.